The van der Waals surface area contributed by atoms with E-state index in [4.69, 9.17) is 10.5 Å². The number of anilines is 1. The first kappa shape index (κ1) is 16.9. The minimum atomic E-state index is -0.664. The molecule has 0 saturated carbocycles. The van der Waals surface area contributed by atoms with Gasteiger partial charge in [0, 0.05) is 6.07 Å². The topological polar surface area (TPSA) is 125 Å². The number of nitrogens with zero attached hydrogens (tertiary/aromatic N) is 1. The number of carbonyl (C=O) groups excluding carboxylic acids is 2. The molecule has 0 radical (unpaired) electrons. The molecule has 8 nitrogen and oxygen atoms in total. The van der Waals surface area contributed by atoms with Crippen molar-refractivity contribution in [1.82, 2.24) is 0 Å². The van der Waals surface area contributed by atoms with Crippen molar-refractivity contribution in [3.8, 4) is 5.75 Å². The fourth-order valence-electron chi connectivity index (χ4n) is 2.16. The zero-order valence-corrected chi connectivity index (χ0v) is 12.8. The van der Waals surface area contributed by atoms with Gasteiger partial charge in [-0.15, -0.1) is 0 Å². The molecule has 24 heavy (non-hydrogen) atoms. The van der Waals surface area contributed by atoms with E-state index in [1.165, 1.54) is 24.3 Å². The van der Waals surface area contributed by atoms with Gasteiger partial charge in [-0.1, -0.05) is 24.3 Å². The highest BCUT2D eigenvalue weighted by atomic mass is 16.6. The van der Waals surface area contributed by atoms with Gasteiger partial charge in [0.05, 0.1) is 16.2 Å². The molecule has 0 aliphatic rings. The molecule has 0 heterocycles. The van der Waals surface area contributed by atoms with Crippen molar-refractivity contribution in [3.63, 3.8) is 0 Å². The number of rotatable bonds is 6. The van der Waals surface area contributed by atoms with E-state index in [1.54, 1.807) is 25.1 Å². The van der Waals surface area contributed by atoms with E-state index in [0.29, 0.717) is 5.56 Å². The molecule has 8 heteroatoms. The number of amides is 2. The Balaban J connectivity index is 2.09. The van der Waals surface area contributed by atoms with Crippen LogP contribution in [0, 0.1) is 17.0 Å². The zero-order valence-electron chi connectivity index (χ0n) is 12.8. The number of nitro groups is 1. The molecular formula is C16H15N3O5. The Morgan fingerprint density at radius 1 is 1.21 bits per heavy atom. The Kier molecular flexibility index (Phi) is 5.10. The average molecular weight is 329 g/mol. The molecule has 0 bridgehead atoms. The first-order chi connectivity index (χ1) is 11.4. The Bertz CT molecular complexity index is 804. The maximum absolute atomic E-state index is 12.0. The second-order valence-corrected chi connectivity index (χ2v) is 4.92. The van der Waals surface area contributed by atoms with E-state index in [2.05, 4.69) is 5.32 Å². The van der Waals surface area contributed by atoms with Gasteiger partial charge >= 0.3 is 5.69 Å². The van der Waals surface area contributed by atoms with E-state index in [9.17, 15) is 19.7 Å². The number of benzene rings is 2. The van der Waals surface area contributed by atoms with Crippen LogP contribution in [0.1, 0.15) is 15.9 Å². The molecule has 0 aromatic heterocycles. The van der Waals surface area contributed by atoms with Crippen LogP contribution in [0.4, 0.5) is 11.4 Å². The van der Waals surface area contributed by atoms with Crippen LogP contribution >= 0.6 is 0 Å². The maximum atomic E-state index is 12.0. The van der Waals surface area contributed by atoms with Crippen LogP contribution in [0.15, 0.2) is 42.5 Å². The molecule has 0 fully saturated rings. The minimum absolute atomic E-state index is 0.0167. The summed E-state index contributed by atoms with van der Waals surface area (Å²) in [6.45, 7) is 1.25. The molecule has 2 amide bonds. The summed E-state index contributed by atoms with van der Waals surface area (Å²) in [4.78, 5) is 33.8. The molecule has 2 rings (SSSR count). The number of para-hydroxylation sites is 2. The van der Waals surface area contributed by atoms with Crippen molar-refractivity contribution in [2.45, 2.75) is 6.92 Å². The maximum Gasteiger partial charge on any atom is 0.310 e. The van der Waals surface area contributed by atoms with Crippen LogP contribution in [0.25, 0.3) is 0 Å². The summed E-state index contributed by atoms with van der Waals surface area (Å²) in [5.74, 6) is -1.25. The van der Waals surface area contributed by atoms with Crippen molar-refractivity contribution in [3.05, 3.63) is 63.7 Å². The Morgan fingerprint density at radius 3 is 2.58 bits per heavy atom. The van der Waals surface area contributed by atoms with Crippen LogP contribution < -0.4 is 15.8 Å². The number of nitro benzene ring substituents is 1. The van der Waals surface area contributed by atoms with Crippen LogP contribution in [0.5, 0.6) is 5.75 Å². The monoisotopic (exact) mass is 329 g/mol. The average Bonchev–Trinajstić information content (AvgIpc) is 2.52. The normalized spacial score (nSPS) is 10.0. The molecule has 2 aromatic rings. The number of nitrogens with two attached hydrogens (primary N) is 1. The van der Waals surface area contributed by atoms with E-state index in [0.717, 1.165) is 0 Å². The summed E-state index contributed by atoms with van der Waals surface area (Å²) in [6, 6.07) is 10.6. The van der Waals surface area contributed by atoms with Crippen LogP contribution in [0.3, 0.4) is 0 Å². The van der Waals surface area contributed by atoms with Crippen LogP contribution in [-0.2, 0) is 4.79 Å². The van der Waals surface area contributed by atoms with Crippen molar-refractivity contribution in [1.29, 1.82) is 0 Å². The van der Waals surface area contributed by atoms with E-state index in [1.807, 2.05) is 0 Å². The van der Waals surface area contributed by atoms with E-state index < -0.39 is 23.3 Å². The molecule has 0 atom stereocenters. The number of carbonyl (C=O) groups is 2. The Morgan fingerprint density at radius 2 is 1.92 bits per heavy atom. The van der Waals surface area contributed by atoms with Crippen LogP contribution in [-0.4, -0.2) is 23.3 Å². The number of nitrogens with one attached hydrogen (secondary N) is 1. The molecule has 0 unspecified atom stereocenters. The third-order valence-corrected chi connectivity index (χ3v) is 3.21. The predicted molar refractivity (Wildman–Crippen MR) is 86.9 cm³/mol. The van der Waals surface area contributed by atoms with E-state index >= 15 is 0 Å². The quantitative estimate of drug-likeness (QED) is 0.619. The number of aryl methyl sites for hydroxylation is 1. The lowest BCUT2D eigenvalue weighted by molar-refractivity contribution is -0.385. The zero-order chi connectivity index (χ0) is 17.7. The highest BCUT2D eigenvalue weighted by molar-refractivity contribution is 6.04. The van der Waals surface area contributed by atoms with Gasteiger partial charge in [0.25, 0.3) is 11.8 Å². The Labute approximate surface area is 137 Å². The van der Waals surface area contributed by atoms with Crippen molar-refractivity contribution in [2.24, 2.45) is 5.73 Å². The van der Waals surface area contributed by atoms with Crippen LogP contribution in [0.2, 0.25) is 0 Å². The van der Waals surface area contributed by atoms with Gasteiger partial charge in [0.1, 0.15) is 0 Å². The smallest absolute Gasteiger partial charge is 0.310 e. The molecular weight excluding hydrogens is 314 g/mol. The summed E-state index contributed by atoms with van der Waals surface area (Å²) in [5.41, 5.74) is 6.17. The fraction of sp³-hybridized carbons (Fsp3) is 0.125. The third kappa shape index (κ3) is 3.86. The van der Waals surface area contributed by atoms with Crippen molar-refractivity contribution in [2.75, 3.05) is 11.9 Å². The second-order valence-electron chi connectivity index (χ2n) is 4.92. The number of primary amides is 1. The standard InChI is InChI=1S/C16H15N3O5/c1-10-5-4-6-11(15(10)16(17)21)18-14(20)9-24-13-8-3-2-7-12(13)19(22)23/h2-8H,9H2,1H3,(H2,17,21)(H,18,20). The highest BCUT2D eigenvalue weighted by Crippen LogP contribution is 2.25. The predicted octanol–water partition coefficient (Wildman–Crippen LogP) is 2.02. The number of ether oxygens (including phenoxy) is 1. The van der Waals surface area contributed by atoms with Gasteiger partial charge in [0.15, 0.2) is 12.4 Å². The van der Waals surface area contributed by atoms with E-state index in [-0.39, 0.29) is 22.7 Å². The van der Waals surface area contributed by atoms with Gasteiger partial charge in [-0.2, -0.15) is 0 Å². The minimum Gasteiger partial charge on any atom is -0.477 e. The molecule has 0 spiro atoms. The Hall–Kier alpha value is -3.42. The fourth-order valence-corrected chi connectivity index (χ4v) is 2.16. The first-order valence-corrected chi connectivity index (χ1v) is 6.95. The number of hydrogen-bond donors (Lipinski definition) is 2. The molecule has 3 N–H and O–H groups in total. The molecule has 0 aliphatic carbocycles. The second kappa shape index (κ2) is 7.23. The lowest BCUT2D eigenvalue weighted by Crippen LogP contribution is -2.23. The third-order valence-electron chi connectivity index (χ3n) is 3.21. The van der Waals surface area contributed by atoms with Gasteiger partial charge in [-0.3, -0.25) is 19.7 Å². The summed E-state index contributed by atoms with van der Waals surface area (Å²) in [5, 5.41) is 13.4. The molecule has 2 aromatic carbocycles. The first-order valence-electron chi connectivity index (χ1n) is 6.95. The highest BCUT2D eigenvalue weighted by Gasteiger charge is 2.17. The van der Waals surface area contributed by atoms with Gasteiger partial charge < -0.3 is 15.8 Å². The van der Waals surface area contributed by atoms with Crippen molar-refractivity contribution >= 4 is 23.2 Å². The lowest BCUT2D eigenvalue weighted by atomic mass is 10.1. The lowest BCUT2D eigenvalue weighted by Gasteiger charge is -2.11. The molecule has 0 saturated heterocycles. The van der Waals surface area contributed by atoms with Gasteiger partial charge in [-0.05, 0) is 24.6 Å². The van der Waals surface area contributed by atoms with Gasteiger partial charge in [-0.25, -0.2) is 0 Å². The molecule has 124 valence electrons. The number of hydrogen-bond acceptors (Lipinski definition) is 5. The van der Waals surface area contributed by atoms with Crippen molar-refractivity contribution < 1.29 is 19.2 Å². The summed E-state index contributed by atoms with van der Waals surface area (Å²) < 4.78 is 5.19. The van der Waals surface area contributed by atoms with Gasteiger partial charge in [0.2, 0.25) is 0 Å². The molecule has 0 aliphatic heterocycles. The largest absolute Gasteiger partial charge is 0.477 e. The SMILES string of the molecule is Cc1cccc(NC(=O)COc2ccccc2[N+](=O)[O-])c1C(N)=O. The summed E-state index contributed by atoms with van der Waals surface area (Å²) in [7, 11) is 0. The summed E-state index contributed by atoms with van der Waals surface area (Å²) in [6.07, 6.45) is 0. The summed E-state index contributed by atoms with van der Waals surface area (Å²) >= 11 is 0.